The van der Waals surface area contributed by atoms with Gasteiger partial charge in [0.2, 0.25) is 10.0 Å². The summed E-state index contributed by atoms with van der Waals surface area (Å²) in [7, 11) is -4.02. The number of anilines is 2. The van der Waals surface area contributed by atoms with Crippen molar-refractivity contribution in [2.24, 2.45) is 5.14 Å². The van der Waals surface area contributed by atoms with Gasteiger partial charge in [0.25, 0.3) is 5.91 Å². The second-order valence-electron chi connectivity index (χ2n) is 5.70. The molecule has 126 valence electrons. The molecule has 2 aromatic rings. The van der Waals surface area contributed by atoms with Gasteiger partial charge in [-0.2, -0.15) is 0 Å². The smallest absolute Gasteiger partial charge is 0.262 e. The Labute approximate surface area is 145 Å². The lowest BCUT2D eigenvalue weighted by Gasteiger charge is -2.36. The highest BCUT2D eigenvalue weighted by atomic mass is 35.5. The van der Waals surface area contributed by atoms with Gasteiger partial charge in [0.05, 0.1) is 16.3 Å². The molecule has 0 aromatic heterocycles. The molecule has 0 bridgehead atoms. The molecule has 0 saturated heterocycles. The van der Waals surface area contributed by atoms with E-state index < -0.39 is 10.0 Å². The Morgan fingerprint density at radius 2 is 1.83 bits per heavy atom. The third-order valence-corrected chi connectivity index (χ3v) is 5.27. The average molecular weight is 366 g/mol. The molecule has 0 aliphatic carbocycles. The van der Waals surface area contributed by atoms with E-state index in [9.17, 15) is 13.2 Å². The number of nitrogens with two attached hydrogens (primary N) is 1. The molecular weight excluding hydrogens is 350 g/mol. The highest BCUT2D eigenvalue weighted by Crippen LogP contribution is 2.34. The Kier molecular flexibility index (Phi) is 4.03. The van der Waals surface area contributed by atoms with E-state index in [2.05, 4.69) is 5.32 Å². The number of rotatable bonds is 2. The van der Waals surface area contributed by atoms with Crippen LogP contribution < -0.4 is 15.4 Å². The predicted molar refractivity (Wildman–Crippen MR) is 93.9 cm³/mol. The lowest BCUT2D eigenvalue weighted by atomic mass is 10.1. The first-order valence-corrected chi connectivity index (χ1v) is 9.14. The third kappa shape index (κ3) is 2.86. The number of nitrogens with zero attached hydrogens (tertiary/aromatic N) is 1. The number of carbonyl (C=O) groups is 1. The molecule has 0 fully saturated rings. The highest BCUT2D eigenvalue weighted by molar-refractivity contribution is 7.89. The van der Waals surface area contributed by atoms with Gasteiger partial charge in [0.15, 0.2) is 0 Å². The van der Waals surface area contributed by atoms with Crippen LogP contribution in [0.1, 0.15) is 22.8 Å². The number of hydrogen-bond acceptors (Lipinski definition) is 4. The van der Waals surface area contributed by atoms with Crippen LogP contribution in [-0.2, 0) is 10.0 Å². The van der Waals surface area contributed by atoms with Crippen molar-refractivity contribution >= 4 is 38.9 Å². The molecule has 1 atom stereocenters. The summed E-state index contributed by atoms with van der Waals surface area (Å²) in [5, 5.41) is 8.31. The number of carbonyl (C=O) groups excluding carboxylic acids is 1. The fraction of sp³-hybridized carbons (Fsp3) is 0.188. The van der Waals surface area contributed by atoms with Crippen molar-refractivity contribution in [1.82, 2.24) is 0 Å². The van der Waals surface area contributed by atoms with Gasteiger partial charge in [0.1, 0.15) is 11.1 Å². The summed E-state index contributed by atoms with van der Waals surface area (Å²) >= 11 is 5.99. The summed E-state index contributed by atoms with van der Waals surface area (Å²) in [6.07, 6.45) is -0.316. The molecule has 3 N–H and O–H groups in total. The van der Waals surface area contributed by atoms with E-state index in [0.29, 0.717) is 11.4 Å². The Morgan fingerprint density at radius 1 is 1.21 bits per heavy atom. The maximum Gasteiger partial charge on any atom is 0.262 e. The fourth-order valence-electron chi connectivity index (χ4n) is 2.71. The van der Waals surface area contributed by atoms with Gasteiger partial charge in [-0.1, -0.05) is 29.3 Å². The number of fused-ring (bicyclic) bond motifs is 1. The van der Waals surface area contributed by atoms with Gasteiger partial charge >= 0.3 is 0 Å². The molecule has 1 aliphatic heterocycles. The maximum atomic E-state index is 12.9. The summed E-state index contributed by atoms with van der Waals surface area (Å²) in [5.41, 5.74) is 2.48. The van der Waals surface area contributed by atoms with Crippen molar-refractivity contribution in [3.05, 3.63) is 52.5 Å². The topological polar surface area (TPSA) is 92.5 Å². The number of nitrogens with one attached hydrogen (secondary N) is 1. The first-order valence-electron chi connectivity index (χ1n) is 7.21. The minimum atomic E-state index is -4.02. The zero-order chi connectivity index (χ0) is 17.6. The van der Waals surface area contributed by atoms with Crippen molar-refractivity contribution in [1.29, 1.82) is 0 Å². The SMILES string of the molecule is Cc1ccc(N2C(=O)c3cc(S(N)(=O)=O)c(Cl)cc3N[C@H]2C)cc1. The maximum absolute atomic E-state index is 12.9. The molecule has 3 rings (SSSR count). The number of amides is 1. The van der Waals surface area contributed by atoms with E-state index in [1.165, 1.54) is 12.1 Å². The zero-order valence-electron chi connectivity index (χ0n) is 13.1. The summed E-state index contributed by atoms with van der Waals surface area (Å²) in [4.78, 5) is 14.2. The van der Waals surface area contributed by atoms with Crippen LogP contribution in [0.5, 0.6) is 0 Å². The summed E-state index contributed by atoms with van der Waals surface area (Å²) in [6.45, 7) is 3.79. The molecule has 0 unspecified atom stereocenters. The molecule has 2 aromatic carbocycles. The van der Waals surface area contributed by atoms with Crippen LogP contribution >= 0.6 is 11.6 Å². The Bertz CT molecular complexity index is 926. The number of aryl methyl sites for hydroxylation is 1. The second-order valence-corrected chi connectivity index (χ2v) is 7.64. The van der Waals surface area contributed by atoms with Gasteiger partial charge < -0.3 is 5.32 Å². The molecule has 1 amide bonds. The predicted octanol–water partition coefficient (Wildman–Crippen LogP) is 2.71. The van der Waals surface area contributed by atoms with Crippen molar-refractivity contribution in [2.45, 2.75) is 24.9 Å². The Hall–Kier alpha value is -2.09. The molecule has 1 aliphatic rings. The Balaban J connectivity index is 2.12. The molecule has 8 heteroatoms. The zero-order valence-corrected chi connectivity index (χ0v) is 14.6. The van der Waals surface area contributed by atoms with Crippen molar-refractivity contribution in [3.8, 4) is 0 Å². The van der Waals surface area contributed by atoms with Gasteiger partial charge in [-0.15, -0.1) is 0 Å². The number of benzene rings is 2. The monoisotopic (exact) mass is 365 g/mol. The molecule has 0 spiro atoms. The van der Waals surface area contributed by atoms with Gasteiger partial charge in [-0.05, 0) is 38.1 Å². The number of sulfonamides is 1. The minimum absolute atomic E-state index is 0.0208. The van der Waals surface area contributed by atoms with E-state index >= 15 is 0 Å². The van der Waals surface area contributed by atoms with E-state index in [-0.39, 0.29) is 27.6 Å². The van der Waals surface area contributed by atoms with Crippen LogP contribution in [0.25, 0.3) is 0 Å². The number of hydrogen-bond donors (Lipinski definition) is 2. The van der Waals surface area contributed by atoms with Crippen LogP contribution in [0.4, 0.5) is 11.4 Å². The summed E-state index contributed by atoms with van der Waals surface area (Å²) in [5.74, 6) is -0.318. The molecule has 0 radical (unpaired) electrons. The van der Waals surface area contributed by atoms with Crippen LogP contribution in [-0.4, -0.2) is 20.5 Å². The lowest BCUT2D eigenvalue weighted by Crippen LogP contribution is -2.47. The van der Waals surface area contributed by atoms with Crippen molar-refractivity contribution < 1.29 is 13.2 Å². The van der Waals surface area contributed by atoms with Gasteiger partial charge in [0, 0.05) is 5.69 Å². The fourth-order valence-corrected chi connectivity index (χ4v) is 3.81. The van der Waals surface area contributed by atoms with Crippen LogP contribution in [0, 0.1) is 6.92 Å². The largest absolute Gasteiger partial charge is 0.364 e. The average Bonchev–Trinajstić information content (AvgIpc) is 2.47. The molecule has 1 heterocycles. The van der Waals surface area contributed by atoms with Crippen LogP contribution in [0.3, 0.4) is 0 Å². The van der Waals surface area contributed by atoms with E-state index in [1.807, 2.05) is 38.1 Å². The number of halogens is 1. The molecule has 24 heavy (non-hydrogen) atoms. The van der Waals surface area contributed by atoms with E-state index in [0.717, 1.165) is 5.56 Å². The number of primary sulfonamides is 1. The molecule has 0 saturated carbocycles. The van der Waals surface area contributed by atoms with Gasteiger partial charge in [-0.3, -0.25) is 9.69 Å². The van der Waals surface area contributed by atoms with Crippen molar-refractivity contribution in [2.75, 3.05) is 10.2 Å². The van der Waals surface area contributed by atoms with E-state index in [4.69, 9.17) is 16.7 Å². The molecule has 6 nitrogen and oxygen atoms in total. The van der Waals surface area contributed by atoms with Crippen LogP contribution in [0.15, 0.2) is 41.3 Å². The van der Waals surface area contributed by atoms with E-state index in [1.54, 1.807) is 4.90 Å². The quantitative estimate of drug-likeness (QED) is 0.855. The third-order valence-electron chi connectivity index (χ3n) is 3.89. The lowest BCUT2D eigenvalue weighted by molar-refractivity contribution is 0.0977. The standard InChI is InChI=1S/C16H16ClN3O3S/c1-9-3-5-11(6-4-9)20-10(2)19-14-8-13(17)15(24(18,22)23)7-12(14)16(20)21/h3-8,10,19H,1-2H3,(H2,18,22,23)/t10-/m1/s1. The van der Waals surface area contributed by atoms with Gasteiger partial charge in [-0.25, -0.2) is 13.6 Å². The first kappa shape index (κ1) is 16.8. The van der Waals surface area contributed by atoms with Crippen LogP contribution in [0.2, 0.25) is 5.02 Å². The molecular formula is C16H16ClN3O3S. The van der Waals surface area contributed by atoms with Crippen molar-refractivity contribution in [3.63, 3.8) is 0 Å². The minimum Gasteiger partial charge on any atom is -0.364 e. The summed E-state index contributed by atoms with van der Waals surface area (Å²) in [6, 6.07) is 10.1. The normalized spacial score (nSPS) is 17.4. The highest BCUT2D eigenvalue weighted by Gasteiger charge is 2.32. The first-order chi connectivity index (χ1) is 11.2. The second kappa shape index (κ2) is 5.77. The Morgan fingerprint density at radius 3 is 2.42 bits per heavy atom. The summed E-state index contributed by atoms with van der Waals surface area (Å²) < 4.78 is 23.3.